The van der Waals surface area contributed by atoms with E-state index in [1.165, 1.54) is 16.7 Å². The number of aromatic carboxylic acids is 1. The maximum atomic E-state index is 13.6. The summed E-state index contributed by atoms with van der Waals surface area (Å²) in [6, 6.07) is 3.62. The van der Waals surface area contributed by atoms with Gasteiger partial charge in [-0.05, 0) is 196 Å². The number of hydrogen-bond donors (Lipinski definition) is 3. The van der Waals surface area contributed by atoms with Crippen LogP contribution >= 0.6 is 22.6 Å². The summed E-state index contributed by atoms with van der Waals surface area (Å²) in [6.07, 6.45) is 6.88. The fourth-order valence-electron chi connectivity index (χ4n) is 5.93. The first-order valence-corrected chi connectivity index (χ1v) is 22.6. The van der Waals surface area contributed by atoms with Crippen LogP contribution in [-0.2, 0) is 9.47 Å². The summed E-state index contributed by atoms with van der Waals surface area (Å²) >= 11 is 2.08. The van der Waals surface area contributed by atoms with Gasteiger partial charge in [0.15, 0.2) is 0 Å². The third kappa shape index (κ3) is 21.2. The molecule has 0 radical (unpaired) electrons. The van der Waals surface area contributed by atoms with Crippen LogP contribution in [0, 0.1) is 131 Å². The molecule has 0 saturated carbocycles. The third-order valence-corrected chi connectivity index (χ3v) is 12.3. The van der Waals surface area contributed by atoms with Crippen molar-refractivity contribution in [3.63, 3.8) is 0 Å². The normalized spacial score (nSPS) is 10.0. The summed E-state index contributed by atoms with van der Waals surface area (Å²) in [5.41, 5.74) is 16.2. The molecule has 0 fully saturated rings. The Morgan fingerprint density at radius 2 is 1.10 bits per heavy atom. The fraction of sp³-hybridized carbons (Fsp3) is 0.464. The van der Waals surface area contributed by atoms with E-state index < -0.39 is 29.4 Å². The fourth-order valence-corrected chi connectivity index (χ4v) is 6.72. The largest absolute Gasteiger partial charge is 1.00 e. The first-order chi connectivity index (χ1) is 30.3. The number of nitrogens with zero attached hydrogens (tertiary/aromatic N) is 2. The minimum absolute atomic E-state index is 0. The number of pyridine rings is 2. The number of ether oxygens (including phenoxy) is 2. The zero-order chi connectivity index (χ0) is 51.2. The first-order valence-electron chi connectivity index (χ1n) is 21.5. The molecule has 0 aliphatic rings. The molecule has 2 aromatic carbocycles. The number of carboxylic acid groups (broad SMARTS) is 1. The van der Waals surface area contributed by atoms with Gasteiger partial charge in [-0.1, -0.05) is 72.2 Å². The van der Waals surface area contributed by atoms with Gasteiger partial charge in [-0.3, -0.25) is 4.79 Å². The van der Waals surface area contributed by atoms with Crippen LogP contribution in [-0.4, -0.2) is 63.3 Å². The molecule has 11 nitrogen and oxygen atoms in total. The summed E-state index contributed by atoms with van der Waals surface area (Å²) in [4.78, 5) is 55.8. The molecule has 0 unspecified atom stereocenters. The van der Waals surface area contributed by atoms with Crippen molar-refractivity contribution in [3.05, 3.63) is 122 Å². The maximum Gasteiger partial charge on any atom is 1.00 e. The molecule has 2 amide bonds. The Kier molecular flexibility index (Phi) is 29.4. The average molecular weight is 1050 g/mol. The molecule has 0 atom stereocenters. The maximum absolute atomic E-state index is 13.6. The van der Waals surface area contributed by atoms with Gasteiger partial charge in [-0.25, -0.2) is 19.4 Å². The predicted octanol–water partition coefficient (Wildman–Crippen LogP) is 9.80. The Hall–Kier alpha value is -5.13. The number of rotatable bonds is 5. The molecule has 0 bridgehead atoms. The van der Waals surface area contributed by atoms with Crippen LogP contribution in [0.4, 0.5) is 9.59 Å². The summed E-state index contributed by atoms with van der Waals surface area (Å²) < 4.78 is 11.0. The van der Waals surface area contributed by atoms with Gasteiger partial charge < -0.3 is 30.2 Å². The van der Waals surface area contributed by atoms with E-state index in [9.17, 15) is 19.2 Å². The number of carboxylic acids is 1. The van der Waals surface area contributed by atoms with Crippen molar-refractivity contribution in [1.82, 2.24) is 20.6 Å². The van der Waals surface area contributed by atoms with Gasteiger partial charge in [0.25, 0.3) is 0 Å². The van der Waals surface area contributed by atoms with Gasteiger partial charge in [0.05, 0.1) is 18.7 Å². The predicted molar refractivity (Wildman–Crippen MR) is 287 cm³/mol. The first kappa shape index (κ1) is 68.1. The van der Waals surface area contributed by atoms with E-state index in [0.29, 0.717) is 22.4 Å². The van der Waals surface area contributed by atoms with E-state index >= 15 is 0 Å². The number of aryl methyl sites for hydroxylation is 5. The molecule has 0 spiro atoms. The van der Waals surface area contributed by atoms with E-state index in [2.05, 4.69) is 81.0 Å². The molecule has 2 aromatic heterocycles. The minimum Gasteiger partial charge on any atom is -0.478 e. The second-order valence-corrected chi connectivity index (χ2v) is 19.2. The van der Waals surface area contributed by atoms with Crippen molar-refractivity contribution in [2.75, 3.05) is 13.1 Å². The SMILES string of the molecule is C.C.C#CCNC(=O)OC(C)(C)C.Cc1[c-]nc(C)c(C)c1C.Cc1cc(C(=O)O)c(I)c(C)c1C.Cc1cc(C(=O)c2nc(C)c(C)c(C)c2C)c(C#CCNC(=O)OC(C)(C)C)c(C)c1C.[Li+]. The Bertz CT molecular complexity index is 2540. The number of aromatic nitrogens is 2. The molecule has 13 heteroatoms. The number of alkyl carbamates (subject to hydrolysis) is 2. The van der Waals surface area contributed by atoms with Gasteiger partial charge in [0.1, 0.15) is 16.9 Å². The average Bonchev–Trinajstić information content (AvgIpc) is 3.22. The van der Waals surface area contributed by atoms with Gasteiger partial charge in [-0.2, -0.15) is 5.56 Å². The minimum atomic E-state index is -0.851. The van der Waals surface area contributed by atoms with Gasteiger partial charge in [-0.15, -0.1) is 17.6 Å². The smallest absolute Gasteiger partial charge is 0.478 e. The zero-order valence-corrected chi connectivity index (χ0v) is 46.0. The molecule has 2 heterocycles. The van der Waals surface area contributed by atoms with Crippen LogP contribution in [0.25, 0.3) is 0 Å². The monoisotopic (exact) mass is 1050 g/mol. The van der Waals surface area contributed by atoms with Gasteiger partial charge in [0, 0.05) is 20.4 Å². The molecule has 0 saturated heterocycles. The number of nitrogens with one attached hydrogen (secondary N) is 2. The van der Waals surface area contributed by atoms with E-state index in [4.69, 9.17) is 21.0 Å². The van der Waals surface area contributed by atoms with Crippen molar-refractivity contribution in [1.29, 1.82) is 0 Å². The van der Waals surface area contributed by atoms with Crippen LogP contribution in [0.3, 0.4) is 0 Å². The molecular formula is C56H78ILiN4O7. The second-order valence-electron chi connectivity index (χ2n) is 18.1. The number of carbonyl (C=O) groups is 4. The van der Waals surface area contributed by atoms with Crippen molar-refractivity contribution in [2.45, 2.75) is 165 Å². The summed E-state index contributed by atoms with van der Waals surface area (Å²) in [7, 11) is 0. The van der Waals surface area contributed by atoms with Crippen LogP contribution in [0.2, 0.25) is 0 Å². The number of benzene rings is 2. The summed E-state index contributed by atoms with van der Waals surface area (Å²) in [5.74, 6) is 7.36. The van der Waals surface area contributed by atoms with E-state index in [0.717, 1.165) is 65.0 Å². The Morgan fingerprint density at radius 1 is 0.652 bits per heavy atom. The number of terminal acetylenes is 1. The summed E-state index contributed by atoms with van der Waals surface area (Å²) in [5, 5.41) is 13.9. The number of halogens is 1. The van der Waals surface area contributed by atoms with Crippen molar-refractivity contribution in [3.8, 4) is 24.2 Å². The third-order valence-electron chi connectivity index (χ3n) is 11.0. The van der Waals surface area contributed by atoms with E-state index in [1.54, 1.807) is 47.6 Å². The molecule has 0 aliphatic heterocycles. The zero-order valence-electron chi connectivity index (χ0n) is 43.8. The van der Waals surface area contributed by atoms with Crippen LogP contribution < -0.4 is 29.5 Å². The van der Waals surface area contributed by atoms with Crippen molar-refractivity contribution in [2.24, 2.45) is 0 Å². The standard InChI is InChI=1S/C27H34N2O3.C10H11IO2.C9H12N.C8H13NO2.2CH4.Li/c1-15-14-23(25(30)24-20(6)17(3)18(4)21(7)29-24)22(19(5)16(15)2)12-11-13-28-26(31)32-27(8,9)10;1-5-4-8(10(12)13)9(11)7(3)6(5)2;1-6-5-10-9(4)8(3)7(6)2;1-5-6-9-7(10)11-8(2,3)4;;;/h14H,13H2,1-10H3,(H,28,31);4H,1-3H3,(H,12,13);1-4H3;1H,6H2,2-4H3,(H,9,10);2*1H4;/q;;-1;;;;+1. The number of ketones is 1. The van der Waals surface area contributed by atoms with Crippen LogP contribution in [0.1, 0.15) is 167 Å². The van der Waals surface area contributed by atoms with Crippen molar-refractivity contribution < 1.29 is 52.6 Å². The molecule has 0 aliphatic carbocycles. The summed E-state index contributed by atoms with van der Waals surface area (Å²) in [6.45, 7) is 39.2. The molecule has 3 N–H and O–H groups in total. The Labute approximate surface area is 441 Å². The van der Waals surface area contributed by atoms with Crippen LogP contribution in [0.15, 0.2) is 12.1 Å². The van der Waals surface area contributed by atoms with Gasteiger partial charge in [0.2, 0.25) is 5.78 Å². The number of amides is 2. The van der Waals surface area contributed by atoms with Gasteiger partial charge >= 0.3 is 37.0 Å². The molecule has 372 valence electrons. The number of carbonyl (C=O) groups excluding carboxylic acids is 3. The molecule has 69 heavy (non-hydrogen) atoms. The Morgan fingerprint density at radius 3 is 1.55 bits per heavy atom. The second kappa shape index (κ2) is 29.8. The quantitative estimate of drug-likeness (QED) is 0.0582. The van der Waals surface area contributed by atoms with E-state index in [1.807, 2.05) is 89.2 Å². The van der Waals surface area contributed by atoms with Crippen molar-refractivity contribution >= 4 is 46.5 Å². The van der Waals surface area contributed by atoms with E-state index in [-0.39, 0.29) is 52.6 Å². The number of hydrogen-bond acceptors (Lipinski definition) is 8. The topological polar surface area (TPSA) is 157 Å². The molecule has 4 rings (SSSR count). The molecular weight excluding hydrogens is 974 g/mol. The molecule has 4 aromatic rings. The van der Waals surface area contributed by atoms with Crippen LogP contribution in [0.5, 0.6) is 0 Å². The Balaban J connectivity index is -0.000000968.